The maximum Gasteiger partial charge on any atom is 0.0618 e. The summed E-state index contributed by atoms with van der Waals surface area (Å²) in [6.07, 6.45) is -0.354. The Hall–Kier alpha value is -0.510. The monoisotopic (exact) mass is 58.1 g/mol. The molecular weight excluding hydrogens is 50.0 g/mol. The second-order valence-corrected chi connectivity index (χ2v) is 0.335. The molecule has 0 aliphatic rings. The summed E-state index contributed by atoms with van der Waals surface area (Å²) >= 11 is 0. The lowest BCUT2D eigenvalue weighted by atomic mass is 10.6. The van der Waals surface area contributed by atoms with Crippen LogP contribution in [0.5, 0.6) is 0 Å². The van der Waals surface area contributed by atoms with Crippen molar-refractivity contribution in [1.82, 2.24) is 0 Å². The molecule has 0 radical (unpaired) electrons. The first kappa shape index (κ1) is 0.718. The van der Waals surface area contributed by atoms with Crippen molar-refractivity contribution < 1.29 is 4.11 Å². The van der Waals surface area contributed by atoms with E-state index >= 15 is 0 Å². The highest BCUT2D eigenvalue weighted by atomic mass is 14.2. The van der Waals surface area contributed by atoms with Crippen LogP contribution in [0.4, 0.5) is 0 Å². The molecule has 0 amide bonds. The van der Waals surface area contributed by atoms with E-state index < -0.39 is 6.85 Å². The summed E-state index contributed by atoms with van der Waals surface area (Å²) in [6.45, 7) is -2.06. The second kappa shape index (κ2) is 2.49. The highest BCUT2D eigenvalue weighted by molar-refractivity contribution is 4.61. The van der Waals surface area contributed by atoms with Crippen LogP contribution in [0.1, 0.15) is 17.4 Å². The minimum atomic E-state index is -2.06. The highest BCUT2D eigenvalue weighted by Crippen LogP contribution is 1.58. The van der Waals surface area contributed by atoms with Crippen LogP contribution in [0.25, 0.3) is 0 Å². The predicted molar refractivity (Wildman–Crippen MR) is 15.9 cm³/mol. The van der Waals surface area contributed by atoms with Crippen molar-refractivity contribution in [2.75, 3.05) is 0 Å². The van der Waals surface area contributed by atoms with Crippen molar-refractivity contribution in [2.45, 2.75) is 13.3 Å². The summed E-state index contributed by atoms with van der Waals surface area (Å²) in [6, 6.07) is 1.55. The van der Waals surface area contributed by atoms with Crippen LogP contribution in [0.2, 0.25) is 0 Å². The molecule has 0 aromatic heterocycles. The van der Waals surface area contributed by atoms with Crippen LogP contribution in [-0.2, 0) is 0 Å². The Labute approximate surface area is 30.1 Å². The zero-order chi connectivity index (χ0) is 5.91. The zero-order valence-electron chi connectivity index (χ0n) is 5.15. The van der Waals surface area contributed by atoms with E-state index in [2.05, 4.69) is 0 Å². The minimum Gasteiger partial charge on any atom is -0.198 e. The van der Waals surface area contributed by atoms with Gasteiger partial charge in [-0.25, -0.2) is 0 Å². The predicted octanol–water partition coefficient (Wildman–Crippen LogP) is 0.920. The number of hydrogen-bond acceptors (Lipinski definition) is 1. The van der Waals surface area contributed by atoms with Gasteiger partial charge in [-0.1, -0.05) is 6.85 Å². The third-order valence-electron chi connectivity index (χ3n) is 0.0791. The molecule has 0 heterocycles. The molecule has 0 bridgehead atoms. The van der Waals surface area contributed by atoms with Crippen molar-refractivity contribution in [1.29, 1.82) is 5.26 Å². The average molecular weight is 58.1 g/mol. The van der Waals surface area contributed by atoms with Crippen molar-refractivity contribution in [3.8, 4) is 6.07 Å². The van der Waals surface area contributed by atoms with Crippen LogP contribution >= 0.6 is 0 Å². The Morgan fingerprint density at radius 1 is 2.50 bits per heavy atom. The van der Waals surface area contributed by atoms with E-state index in [1.54, 1.807) is 6.07 Å². The molecule has 0 aromatic rings. The normalized spacial score (nSPS) is 19.2. The SMILES string of the molecule is [2H]C([2H])([2H])CC#N. The molecule has 0 saturated heterocycles. The van der Waals surface area contributed by atoms with Gasteiger partial charge in [0.05, 0.1) is 6.07 Å². The Bertz CT molecular complexity index is 87.3. The van der Waals surface area contributed by atoms with Crippen LogP contribution in [0, 0.1) is 11.3 Å². The van der Waals surface area contributed by atoms with Crippen molar-refractivity contribution in [2.24, 2.45) is 0 Å². The standard InChI is InChI=1S/C3H5N/c1-2-3-4/h2H2,1H3/i1D3. The number of nitriles is 1. The minimum absolute atomic E-state index is 0.354. The lowest BCUT2D eigenvalue weighted by Gasteiger charge is -1.47. The lowest BCUT2D eigenvalue weighted by molar-refractivity contribution is 1.22. The van der Waals surface area contributed by atoms with E-state index in [4.69, 9.17) is 9.37 Å². The average Bonchev–Trinajstić information content (AvgIpc) is 1.30. The van der Waals surface area contributed by atoms with E-state index in [1.165, 1.54) is 0 Å². The Kier molecular flexibility index (Phi) is 0.447. The molecule has 0 atom stereocenters. The van der Waals surface area contributed by atoms with Crippen molar-refractivity contribution >= 4 is 0 Å². The summed E-state index contributed by atoms with van der Waals surface area (Å²) in [5, 5.41) is 7.79. The Morgan fingerprint density at radius 2 is 3.25 bits per heavy atom. The van der Waals surface area contributed by atoms with Crippen LogP contribution in [0.15, 0.2) is 0 Å². The lowest BCUT2D eigenvalue weighted by Crippen LogP contribution is -1.38. The summed E-state index contributed by atoms with van der Waals surface area (Å²) in [4.78, 5) is 0. The van der Waals surface area contributed by atoms with Crippen molar-refractivity contribution in [3.05, 3.63) is 0 Å². The molecule has 0 fully saturated rings. The highest BCUT2D eigenvalue weighted by Gasteiger charge is 1.49. The van der Waals surface area contributed by atoms with Gasteiger partial charge in [0.1, 0.15) is 0 Å². The Balaban J connectivity index is 3.40. The molecule has 0 saturated carbocycles. The fraction of sp³-hybridized carbons (Fsp3) is 0.667. The molecule has 0 aliphatic heterocycles. The largest absolute Gasteiger partial charge is 0.198 e. The summed E-state index contributed by atoms with van der Waals surface area (Å²) in [7, 11) is 0. The summed E-state index contributed by atoms with van der Waals surface area (Å²) in [5.41, 5.74) is 0. The first-order valence-corrected chi connectivity index (χ1v) is 0.931. The molecule has 0 N–H and O–H groups in total. The summed E-state index contributed by atoms with van der Waals surface area (Å²) in [5.74, 6) is 0. The molecule has 0 spiro atoms. The third kappa shape index (κ3) is 1.49. The van der Waals surface area contributed by atoms with Gasteiger partial charge in [-0.2, -0.15) is 5.26 Å². The molecule has 0 aliphatic carbocycles. The first-order chi connectivity index (χ1) is 3.06. The van der Waals surface area contributed by atoms with Gasteiger partial charge in [0.25, 0.3) is 0 Å². The molecule has 1 nitrogen and oxygen atoms in total. The Morgan fingerprint density at radius 3 is 3.25 bits per heavy atom. The third-order valence-corrected chi connectivity index (χ3v) is 0.0791. The van der Waals surface area contributed by atoms with E-state index in [0.717, 1.165) is 0 Å². The fourth-order valence-corrected chi connectivity index (χ4v) is 0. The van der Waals surface area contributed by atoms with Gasteiger partial charge in [0.15, 0.2) is 0 Å². The number of nitrogens with zero attached hydrogens (tertiary/aromatic N) is 1. The van der Waals surface area contributed by atoms with Gasteiger partial charge in [0.2, 0.25) is 0 Å². The van der Waals surface area contributed by atoms with E-state index in [-0.39, 0.29) is 6.42 Å². The van der Waals surface area contributed by atoms with E-state index in [0.29, 0.717) is 0 Å². The maximum absolute atomic E-state index is 7.79. The van der Waals surface area contributed by atoms with E-state index in [9.17, 15) is 0 Å². The molecular formula is C3H5N. The smallest absolute Gasteiger partial charge is 0.0618 e. The molecule has 22 valence electrons. The van der Waals surface area contributed by atoms with Gasteiger partial charge in [-0.15, -0.1) is 0 Å². The molecule has 0 unspecified atom stereocenters. The van der Waals surface area contributed by atoms with Gasteiger partial charge in [-0.3, -0.25) is 0 Å². The first-order valence-electron chi connectivity index (χ1n) is 2.43. The maximum atomic E-state index is 7.79. The topological polar surface area (TPSA) is 23.8 Å². The van der Waals surface area contributed by atoms with Gasteiger partial charge < -0.3 is 0 Å². The summed E-state index contributed by atoms with van der Waals surface area (Å²) < 4.78 is 19.3. The van der Waals surface area contributed by atoms with Crippen LogP contribution in [-0.4, -0.2) is 0 Å². The zero-order valence-corrected chi connectivity index (χ0v) is 2.15. The van der Waals surface area contributed by atoms with Crippen molar-refractivity contribution in [3.63, 3.8) is 0 Å². The quantitative estimate of drug-likeness (QED) is 0.406. The van der Waals surface area contributed by atoms with Crippen LogP contribution < -0.4 is 0 Å². The number of rotatable bonds is 0. The van der Waals surface area contributed by atoms with Gasteiger partial charge >= 0.3 is 0 Å². The fourth-order valence-electron chi connectivity index (χ4n) is 0. The van der Waals surface area contributed by atoms with Gasteiger partial charge in [-0.05, 0) is 0 Å². The number of hydrogen-bond donors (Lipinski definition) is 0. The van der Waals surface area contributed by atoms with Crippen LogP contribution in [0.3, 0.4) is 0 Å². The molecule has 4 heavy (non-hydrogen) atoms. The van der Waals surface area contributed by atoms with E-state index in [1.807, 2.05) is 0 Å². The molecule has 1 heteroatoms. The molecule has 0 rings (SSSR count). The van der Waals surface area contributed by atoms with Gasteiger partial charge in [0, 0.05) is 10.5 Å². The second-order valence-electron chi connectivity index (χ2n) is 0.335. The molecule has 0 aromatic carbocycles.